The van der Waals surface area contributed by atoms with Crippen LogP contribution in [0.2, 0.25) is 0 Å². The smallest absolute Gasteiger partial charge is 0.255 e. The third-order valence-electron chi connectivity index (χ3n) is 3.81. The zero-order chi connectivity index (χ0) is 14.2. The number of amides is 1. The third-order valence-corrected chi connectivity index (χ3v) is 4.46. The van der Waals surface area contributed by atoms with Crippen LogP contribution in [-0.2, 0) is 0 Å². The number of nitrogens with two attached hydrogens (primary N) is 1. The average molecular weight is 329 g/mol. The fourth-order valence-electron chi connectivity index (χ4n) is 2.71. The van der Waals surface area contributed by atoms with Crippen LogP contribution in [0.15, 0.2) is 16.6 Å². The van der Waals surface area contributed by atoms with Gasteiger partial charge in [0.15, 0.2) is 0 Å². The molecule has 2 atom stereocenters. The van der Waals surface area contributed by atoms with Crippen molar-refractivity contribution >= 4 is 27.5 Å². The topological polar surface area (TPSA) is 46.3 Å². The van der Waals surface area contributed by atoms with Gasteiger partial charge >= 0.3 is 0 Å². The maximum Gasteiger partial charge on any atom is 0.255 e. The number of hydrogen-bond acceptors (Lipinski definition) is 2. The first-order valence-corrected chi connectivity index (χ1v) is 7.32. The van der Waals surface area contributed by atoms with E-state index in [-0.39, 0.29) is 23.7 Å². The van der Waals surface area contributed by atoms with Gasteiger partial charge in [0.25, 0.3) is 5.91 Å². The summed E-state index contributed by atoms with van der Waals surface area (Å²) in [6, 6.07) is 3.15. The summed E-state index contributed by atoms with van der Waals surface area (Å²) in [6.07, 6.45) is 2.97. The number of carbonyl (C=O) groups is 1. The standard InChI is InChI=1S/C14H18BrFN2O/c1-3-9-5-4-8(2)18(9)14(19)10-6-13(17)12(16)7-11(10)15/h6-9H,3-5,17H2,1-2H3. The van der Waals surface area contributed by atoms with Gasteiger partial charge in [-0.05, 0) is 54.2 Å². The van der Waals surface area contributed by atoms with Gasteiger partial charge in [-0.2, -0.15) is 0 Å². The molecule has 1 fully saturated rings. The first kappa shape index (κ1) is 14.3. The Bertz CT molecular complexity index is 506. The second-order valence-electron chi connectivity index (χ2n) is 5.05. The molecule has 0 spiro atoms. The van der Waals surface area contributed by atoms with Gasteiger partial charge in [-0.3, -0.25) is 4.79 Å². The Morgan fingerprint density at radius 3 is 2.84 bits per heavy atom. The molecule has 2 N–H and O–H groups in total. The van der Waals surface area contributed by atoms with Crippen LogP contribution >= 0.6 is 15.9 Å². The van der Waals surface area contributed by atoms with Gasteiger partial charge in [0.2, 0.25) is 0 Å². The minimum atomic E-state index is -0.509. The molecule has 0 saturated carbocycles. The number of nitrogens with zero attached hydrogens (tertiary/aromatic N) is 1. The zero-order valence-corrected chi connectivity index (χ0v) is 12.7. The summed E-state index contributed by atoms with van der Waals surface area (Å²) in [4.78, 5) is 14.5. The van der Waals surface area contributed by atoms with Crippen LogP contribution in [0.4, 0.5) is 10.1 Å². The average Bonchev–Trinajstić information content (AvgIpc) is 2.74. The molecular weight excluding hydrogens is 311 g/mol. The van der Waals surface area contributed by atoms with Crippen molar-refractivity contribution in [1.82, 2.24) is 4.90 Å². The van der Waals surface area contributed by atoms with Crippen molar-refractivity contribution in [3.63, 3.8) is 0 Å². The molecule has 2 unspecified atom stereocenters. The van der Waals surface area contributed by atoms with Crippen molar-refractivity contribution < 1.29 is 9.18 Å². The molecule has 0 bridgehead atoms. The summed E-state index contributed by atoms with van der Waals surface area (Å²) in [6.45, 7) is 4.13. The highest BCUT2D eigenvalue weighted by Gasteiger charge is 2.34. The lowest BCUT2D eigenvalue weighted by molar-refractivity contribution is 0.0675. The molecule has 0 aliphatic carbocycles. The summed E-state index contributed by atoms with van der Waals surface area (Å²) in [5.41, 5.74) is 6.00. The third kappa shape index (κ3) is 2.61. The molecule has 1 amide bonds. The molecule has 1 aromatic carbocycles. The van der Waals surface area contributed by atoms with Crippen molar-refractivity contribution in [3.05, 3.63) is 28.0 Å². The predicted octanol–water partition coefficient (Wildman–Crippen LogP) is 3.57. The van der Waals surface area contributed by atoms with Crippen molar-refractivity contribution in [2.75, 3.05) is 5.73 Å². The van der Waals surface area contributed by atoms with Crippen LogP contribution in [0.25, 0.3) is 0 Å². The van der Waals surface area contributed by atoms with Crippen molar-refractivity contribution in [1.29, 1.82) is 0 Å². The molecule has 1 saturated heterocycles. The maximum atomic E-state index is 13.3. The van der Waals surface area contributed by atoms with Crippen LogP contribution in [0, 0.1) is 5.82 Å². The van der Waals surface area contributed by atoms with Gasteiger partial charge < -0.3 is 10.6 Å². The van der Waals surface area contributed by atoms with Crippen LogP contribution < -0.4 is 5.73 Å². The van der Waals surface area contributed by atoms with E-state index in [9.17, 15) is 9.18 Å². The summed E-state index contributed by atoms with van der Waals surface area (Å²) < 4.78 is 13.8. The van der Waals surface area contributed by atoms with Gasteiger partial charge in [0, 0.05) is 16.6 Å². The van der Waals surface area contributed by atoms with Gasteiger partial charge in [-0.15, -0.1) is 0 Å². The number of hydrogen-bond donors (Lipinski definition) is 1. The monoisotopic (exact) mass is 328 g/mol. The lowest BCUT2D eigenvalue weighted by atomic mass is 10.1. The van der Waals surface area contributed by atoms with Crippen molar-refractivity contribution in [3.8, 4) is 0 Å². The van der Waals surface area contributed by atoms with Gasteiger partial charge in [-0.1, -0.05) is 6.92 Å². The maximum absolute atomic E-state index is 13.3. The molecule has 1 heterocycles. The van der Waals surface area contributed by atoms with E-state index in [1.807, 2.05) is 11.8 Å². The van der Waals surface area contributed by atoms with Crippen LogP contribution in [0.5, 0.6) is 0 Å². The number of halogens is 2. The highest BCUT2D eigenvalue weighted by molar-refractivity contribution is 9.10. The number of nitrogen functional groups attached to an aromatic ring is 1. The van der Waals surface area contributed by atoms with Gasteiger partial charge in [0.1, 0.15) is 5.82 Å². The predicted molar refractivity (Wildman–Crippen MR) is 77.5 cm³/mol. The van der Waals surface area contributed by atoms with E-state index in [1.165, 1.54) is 12.1 Å². The SMILES string of the molecule is CCC1CCC(C)N1C(=O)c1cc(N)c(F)cc1Br. The molecule has 104 valence electrons. The zero-order valence-electron chi connectivity index (χ0n) is 11.1. The van der Waals surface area contributed by atoms with E-state index >= 15 is 0 Å². The molecular formula is C14H18BrFN2O. The molecule has 19 heavy (non-hydrogen) atoms. The second kappa shape index (κ2) is 5.49. The largest absolute Gasteiger partial charge is 0.396 e. The number of benzene rings is 1. The van der Waals surface area contributed by atoms with E-state index in [4.69, 9.17) is 5.73 Å². The highest BCUT2D eigenvalue weighted by Crippen LogP contribution is 2.31. The molecule has 2 rings (SSSR count). The van der Waals surface area contributed by atoms with E-state index in [1.54, 1.807) is 0 Å². The molecule has 0 aromatic heterocycles. The molecule has 1 aliphatic heterocycles. The first-order valence-electron chi connectivity index (χ1n) is 6.52. The quantitative estimate of drug-likeness (QED) is 0.843. The molecule has 5 heteroatoms. The number of anilines is 1. The Hall–Kier alpha value is -1.10. The highest BCUT2D eigenvalue weighted by atomic mass is 79.9. The number of likely N-dealkylation sites (tertiary alicyclic amines) is 1. The minimum Gasteiger partial charge on any atom is -0.396 e. The second-order valence-corrected chi connectivity index (χ2v) is 5.91. The summed E-state index contributed by atoms with van der Waals surface area (Å²) in [5, 5.41) is 0. The summed E-state index contributed by atoms with van der Waals surface area (Å²) in [7, 11) is 0. The molecule has 3 nitrogen and oxygen atoms in total. The van der Waals surface area contributed by atoms with E-state index in [0.717, 1.165) is 19.3 Å². The Kier molecular flexibility index (Phi) is 4.13. The first-order chi connectivity index (χ1) is 8.95. The number of carbonyl (C=O) groups excluding carboxylic acids is 1. The van der Waals surface area contributed by atoms with E-state index in [0.29, 0.717) is 10.0 Å². The van der Waals surface area contributed by atoms with Crippen molar-refractivity contribution in [2.24, 2.45) is 0 Å². The van der Waals surface area contributed by atoms with Crippen molar-refractivity contribution in [2.45, 2.75) is 45.2 Å². The van der Waals surface area contributed by atoms with E-state index in [2.05, 4.69) is 22.9 Å². The minimum absolute atomic E-state index is 0.00597. The Labute approximate surface area is 121 Å². The molecule has 1 aliphatic rings. The van der Waals surface area contributed by atoms with Crippen LogP contribution in [-0.4, -0.2) is 22.9 Å². The Morgan fingerprint density at radius 2 is 2.21 bits per heavy atom. The Morgan fingerprint density at radius 1 is 1.53 bits per heavy atom. The molecule has 1 aromatic rings. The number of rotatable bonds is 2. The Balaban J connectivity index is 2.36. The fourth-order valence-corrected chi connectivity index (χ4v) is 3.19. The summed E-state index contributed by atoms with van der Waals surface area (Å²) in [5.74, 6) is -0.583. The lowest BCUT2D eigenvalue weighted by Crippen LogP contribution is -2.39. The molecule has 0 radical (unpaired) electrons. The van der Waals surface area contributed by atoms with Gasteiger partial charge in [-0.25, -0.2) is 4.39 Å². The van der Waals surface area contributed by atoms with E-state index < -0.39 is 5.82 Å². The van der Waals surface area contributed by atoms with Crippen LogP contribution in [0.1, 0.15) is 43.5 Å². The van der Waals surface area contributed by atoms with Crippen LogP contribution in [0.3, 0.4) is 0 Å². The normalized spacial score (nSPS) is 22.8. The fraction of sp³-hybridized carbons (Fsp3) is 0.500. The lowest BCUT2D eigenvalue weighted by Gasteiger charge is -2.28. The summed E-state index contributed by atoms with van der Waals surface area (Å²) >= 11 is 3.25. The van der Waals surface area contributed by atoms with Gasteiger partial charge in [0.05, 0.1) is 11.3 Å².